The maximum absolute atomic E-state index is 12.0. The van der Waals surface area contributed by atoms with Crippen LogP contribution < -0.4 is 10.2 Å². The first kappa shape index (κ1) is 16.8. The number of nitrogens with one attached hydrogen (secondary N) is 1. The minimum atomic E-state index is 0.00887. The zero-order valence-corrected chi connectivity index (χ0v) is 14.3. The van der Waals surface area contributed by atoms with Gasteiger partial charge in [0.1, 0.15) is 0 Å². The summed E-state index contributed by atoms with van der Waals surface area (Å²) < 4.78 is 5.37. The number of morpholine rings is 1. The van der Waals surface area contributed by atoms with Crippen LogP contribution >= 0.6 is 11.6 Å². The first-order valence-corrected chi connectivity index (χ1v) is 8.51. The van der Waals surface area contributed by atoms with Gasteiger partial charge in [0.05, 0.1) is 19.6 Å². The van der Waals surface area contributed by atoms with Gasteiger partial charge in [0.2, 0.25) is 5.91 Å². The molecular weight excluding hydrogens is 324 g/mol. The molecule has 1 amide bonds. The van der Waals surface area contributed by atoms with Gasteiger partial charge in [0.15, 0.2) is 0 Å². The van der Waals surface area contributed by atoms with Gasteiger partial charge in [-0.3, -0.25) is 4.79 Å². The molecule has 0 atom stereocenters. The highest BCUT2D eigenvalue weighted by Crippen LogP contribution is 2.16. The SMILES string of the molecule is O=C(Cc1ccc(Cl)cc1)NCc1ccc(N2CCOCC2)cc1. The molecule has 2 aromatic carbocycles. The van der Waals surface area contributed by atoms with Crippen LogP contribution in [0.5, 0.6) is 0 Å². The number of carbonyl (C=O) groups excluding carboxylic acids is 1. The van der Waals surface area contributed by atoms with E-state index in [1.807, 2.05) is 12.1 Å². The van der Waals surface area contributed by atoms with Crippen molar-refractivity contribution in [2.24, 2.45) is 0 Å². The van der Waals surface area contributed by atoms with Crippen molar-refractivity contribution in [3.8, 4) is 0 Å². The maximum atomic E-state index is 12.0. The van der Waals surface area contributed by atoms with Gasteiger partial charge in [-0.1, -0.05) is 35.9 Å². The van der Waals surface area contributed by atoms with Crippen LogP contribution in [0.2, 0.25) is 5.02 Å². The molecule has 1 fully saturated rings. The van der Waals surface area contributed by atoms with Crippen LogP contribution in [0.3, 0.4) is 0 Å². The molecule has 4 nitrogen and oxygen atoms in total. The summed E-state index contributed by atoms with van der Waals surface area (Å²) in [5.41, 5.74) is 3.26. The third kappa shape index (κ3) is 4.73. The van der Waals surface area contributed by atoms with E-state index in [2.05, 4.69) is 34.5 Å². The van der Waals surface area contributed by atoms with Gasteiger partial charge in [0, 0.05) is 30.3 Å². The molecule has 1 saturated heterocycles. The molecule has 0 saturated carbocycles. The zero-order valence-electron chi connectivity index (χ0n) is 13.5. The number of anilines is 1. The fourth-order valence-electron chi connectivity index (χ4n) is 2.70. The zero-order chi connectivity index (χ0) is 16.8. The highest BCUT2D eigenvalue weighted by Gasteiger charge is 2.11. The minimum Gasteiger partial charge on any atom is -0.378 e. The summed E-state index contributed by atoms with van der Waals surface area (Å²) in [5.74, 6) is 0.00887. The molecule has 0 unspecified atom stereocenters. The van der Waals surface area contributed by atoms with Crippen molar-refractivity contribution < 1.29 is 9.53 Å². The molecule has 0 aromatic heterocycles. The van der Waals surface area contributed by atoms with Crippen molar-refractivity contribution in [2.45, 2.75) is 13.0 Å². The van der Waals surface area contributed by atoms with E-state index in [1.165, 1.54) is 5.69 Å². The van der Waals surface area contributed by atoms with Crippen molar-refractivity contribution in [3.63, 3.8) is 0 Å². The predicted molar refractivity (Wildman–Crippen MR) is 96.5 cm³/mol. The molecular formula is C19H21ClN2O2. The first-order chi connectivity index (χ1) is 11.7. The molecule has 0 bridgehead atoms. The highest BCUT2D eigenvalue weighted by molar-refractivity contribution is 6.30. The summed E-state index contributed by atoms with van der Waals surface area (Å²) in [6.07, 6.45) is 0.364. The van der Waals surface area contributed by atoms with Crippen LogP contribution in [0.15, 0.2) is 48.5 Å². The van der Waals surface area contributed by atoms with Crippen molar-refractivity contribution in [3.05, 3.63) is 64.7 Å². The van der Waals surface area contributed by atoms with E-state index < -0.39 is 0 Å². The number of benzene rings is 2. The van der Waals surface area contributed by atoms with Crippen molar-refractivity contribution >= 4 is 23.2 Å². The average Bonchev–Trinajstić information content (AvgIpc) is 2.63. The van der Waals surface area contributed by atoms with E-state index in [4.69, 9.17) is 16.3 Å². The van der Waals surface area contributed by atoms with Crippen LogP contribution in [0.1, 0.15) is 11.1 Å². The van der Waals surface area contributed by atoms with Gasteiger partial charge in [-0.25, -0.2) is 0 Å². The Morgan fingerprint density at radius 2 is 1.62 bits per heavy atom. The normalized spacial score (nSPS) is 14.5. The summed E-state index contributed by atoms with van der Waals surface area (Å²) in [6, 6.07) is 15.7. The van der Waals surface area contributed by atoms with Crippen LogP contribution in [0.4, 0.5) is 5.69 Å². The molecule has 0 spiro atoms. The summed E-state index contributed by atoms with van der Waals surface area (Å²) in [7, 11) is 0. The Kier molecular flexibility index (Phi) is 5.72. The van der Waals surface area contributed by atoms with E-state index in [0.717, 1.165) is 37.4 Å². The Hall–Kier alpha value is -2.04. The molecule has 1 aliphatic heterocycles. The lowest BCUT2D eigenvalue weighted by Gasteiger charge is -2.28. The monoisotopic (exact) mass is 344 g/mol. The highest BCUT2D eigenvalue weighted by atomic mass is 35.5. The summed E-state index contributed by atoms with van der Waals surface area (Å²) in [4.78, 5) is 14.3. The lowest BCUT2D eigenvalue weighted by atomic mass is 10.1. The number of ether oxygens (including phenoxy) is 1. The largest absolute Gasteiger partial charge is 0.378 e. The van der Waals surface area contributed by atoms with Crippen LogP contribution in [-0.4, -0.2) is 32.2 Å². The van der Waals surface area contributed by atoms with Gasteiger partial charge in [-0.05, 0) is 35.4 Å². The van der Waals surface area contributed by atoms with Crippen LogP contribution in [-0.2, 0) is 22.5 Å². The standard InChI is InChI=1S/C19H21ClN2O2/c20-17-5-1-15(2-6-17)13-19(23)21-14-16-3-7-18(8-4-16)22-9-11-24-12-10-22/h1-8H,9-14H2,(H,21,23). The Balaban J connectivity index is 1.49. The lowest BCUT2D eigenvalue weighted by Crippen LogP contribution is -2.36. The van der Waals surface area contributed by atoms with Crippen LogP contribution in [0, 0.1) is 0 Å². The molecule has 0 aliphatic carbocycles. The number of rotatable bonds is 5. The quantitative estimate of drug-likeness (QED) is 0.906. The minimum absolute atomic E-state index is 0.00887. The first-order valence-electron chi connectivity index (χ1n) is 8.13. The van der Waals surface area contributed by atoms with Gasteiger partial charge in [0.25, 0.3) is 0 Å². The van der Waals surface area contributed by atoms with Gasteiger partial charge in [-0.15, -0.1) is 0 Å². The molecule has 0 radical (unpaired) electrons. The van der Waals surface area contributed by atoms with E-state index in [0.29, 0.717) is 18.0 Å². The van der Waals surface area contributed by atoms with Gasteiger partial charge >= 0.3 is 0 Å². The second kappa shape index (κ2) is 8.18. The number of halogens is 1. The predicted octanol–water partition coefficient (Wildman–Crippen LogP) is 3.04. The molecule has 1 aliphatic rings. The summed E-state index contributed by atoms with van der Waals surface area (Å²) >= 11 is 5.85. The second-order valence-electron chi connectivity index (χ2n) is 5.85. The molecule has 3 rings (SSSR count). The second-order valence-corrected chi connectivity index (χ2v) is 6.28. The number of carbonyl (C=O) groups is 1. The Morgan fingerprint density at radius 3 is 2.29 bits per heavy atom. The van der Waals surface area contributed by atoms with Gasteiger partial charge in [-0.2, -0.15) is 0 Å². The number of nitrogens with zero attached hydrogens (tertiary/aromatic N) is 1. The summed E-state index contributed by atoms with van der Waals surface area (Å²) in [6.45, 7) is 3.95. The third-order valence-corrected chi connectivity index (χ3v) is 4.33. The Morgan fingerprint density at radius 1 is 1.00 bits per heavy atom. The molecule has 5 heteroatoms. The topological polar surface area (TPSA) is 41.6 Å². The molecule has 1 N–H and O–H groups in total. The Labute approximate surface area is 147 Å². The molecule has 1 heterocycles. The van der Waals surface area contributed by atoms with Gasteiger partial charge < -0.3 is 15.0 Å². The number of hydrogen-bond donors (Lipinski definition) is 1. The Bertz CT molecular complexity index is 665. The van der Waals surface area contributed by atoms with E-state index in [9.17, 15) is 4.79 Å². The van der Waals surface area contributed by atoms with Crippen molar-refractivity contribution in [1.29, 1.82) is 0 Å². The van der Waals surface area contributed by atoms with E-state index in [-0.39, 0.29) is 5.91 Å². The fraction of sp³-hybridized carbons (Fsp3) is 0.316. The maximum Gasteiger partial charge on any atom is 0.224 e. The van der Waals surface area contributed by atoms with Crippen LogP contribution in [0.25, 0.3) is 0 Å². The smallest absolute Gasteiger partial charge is 0.224 e. The van der Waals surface area contributed by atoms with E-state index in [1.54, 1.807) is 12.1 Å². The molecule has 126 valence electrons. The number of amides is 1. The molecule has 2 aromatic rings. The van der Waals surface area contributed by atoms with Crippen molar-refractivity contribution in [2.75, 3.05) is 31.2 Å². The van der Waals surface area contributed by atoms with E-state index >= 15 is 0 Å². The third-order valence-electron chi connectivity index (χ3n) is 4.08. The number of hydrogen-bond acceptors (Lipinski definition) is 3. The lowest BCUT2D eigenvalue weighted by molar-refractivity contribution is -0.120. The fourth-order valence-corrected chi connectivity index (χ4v) is 2.82. The summed E-state index contributed by atoms with van der Waals surface area (Å²) in [5, 5.41) is 3.64. The average molecular weight is 345 g/mol. The van der Waals surface area contributed by atoms with Crippen molar-refractivity contribution in [1.82, 2.24) is 5.32 Å². The molecule has 24 heavy (non-hydrogen) atoms.